The van der Waals surface area contributed by atoms with E-state index in [4.69, 9.17) is 27.6 Å². The maximum atomic E-state index is 12.3. The van der Waals surface area contributed by atoms with Gasteiger partial charge in [0.15, 0.2) is 5.76 Å². The molecule has 0 unspecified atom stereocenters. The molecule has 116 valence electrons. The average Bonchev–Trinajstić information content (AvgIpc) is 3.00. The van der Waals surface area contributed by atoms with E-state index < -0.39 is 0 Å². The molecule has 1 heterocycles. The molecule has 0 atom stereocenters. The minimum absolute atomic E-state index is 0.203. The normalized spacial score (nSPS) is 10.6. The highest BCUT2D eigenvalue weighted by Crippen LogP contribution is 2.27. The molecule has 0 spiro atoms. The van der Waals surface area contributed by atoms with Gasteiger partial charge in [-0.15, -0.1) is 0 Å². The van der Waals surface area contributed by atoms with Crippen LogP contribution in [0.5, 0.6) is 0 Å². The van der Waals surface area contributed by atoms with Crippen molar-refractivity contribution < 1.29 is 9.21 Å². The number of halogens is 3. The van der Waals surface area contributed by atoms with Gasteiger partial charge < -0.3 is 9.73 Å². The van der Waals surface area contributed by atoms with E-state index in [1.807, 2.05) is 18.2 Å². The summed E-state index contributed by atoms with van der Waals surface area (Å²) in [6, 6.07) is 16.0. The zero-order chi connectivity index (χ0) is 16.4. The van der Waals surface area contributed by atoms with Gasteiger partial charge in [0.1, 0.15) is 5.76 Å². The van der Waals surface area contributed by atoms with Crippen LogP contribution in [0.1, 0.15) is 10.6 Å². The number of rotatable bonds is 3. The lowest BCUT2D eigenvalue weighted by molar-refractivity contribution is 0.0997. The average molecular weight is 458 g/mol. The fourth-order valence-corrected chi connectivity index (χ4v) is 3.12. The molecule has 0 aliphatic heterocycles. The van der Waals surface area contributed by atoms with Gasteiger partial charge >= 0.3 is 0 Å². The molecule has 0 aliphatic rings. The molecule has 6 heteroatoms. The highest BCUT2D eigenvalue weighted by molar-refractivity contribution is 14.1. The van der Waals surface area contributed by atoms with Gasteiger partial charge in [0.05, 0.1) is 10.7 Å². The Hall–Kier alpha value is -1.50. The van der Waals surface area contributed by atoms with E-state index in [0.717, 1.165) is 9.13 Å². The first-order chi connectivity index (χ1) is 11.0. The van der Waals surface area contributed by atoms with Gasteiger partial charge in [-0.2, -0.15) is 0 Å². The summed E-state index contributed by atoms with van der Waals surface area (Å²) >= 11 is 14.2. The van der Waals surface area contributed by atoms with E-state index in [1.165, 1.54) is 0 Å². The number of anilines is 1. The van der Waals surface area contributed by atoms with Gasteiger partial charge in [0.25, 0.3) is 5.91 Å². The molecule has 2 aromatic carbocycles. The second kappa shape index (κ2) is 6.95. The fraction of sp³-hybridized carbons (Fsp3) is 0. The standard InChI is InChI=1S/C17H10Cl2INO2/c18-11-3-1-2-10(8-11)15-6-7-16(23-15)17(22)21-14-5-4-12(20)9-13(14)19/h1-9H,(H,21,22). The van der Waals surface area contributed by atoms with Gasteiger partial charge in [0.2, 0.25) is 0 Å². The van der Waals surface area contributed by atoms with Gasteiger partial charge in [0, 0.05) is 14.2 Å². The van der Waals surface area contributed by atoms with Crippen LogP contribution in [0.2, 0.25) is 10.0 Å². The third-order valence-electron chi connectivity index (χ3n) is 3.12. The van der Waals surface area contributed by atoms with Crippen LogP contribution < -0.4 is 5.32 Å². The van der Waals surface area contributed by atoms with Crippen LogP contribution in [0, 0.1) is 3.57 Å². The molecule has 3 nitrogen and oxygen atoms in total. The second-order valence-corrected chi connectivity index (χ2v) is 6.84. The van der Waals surface area contributed by atoms with Crippen molar-refractivity contribution in [3.63, 3.8) is 0 Å². The van der Waals surface area contributed by atoms with E-state index in [9.17, 15) is 4.79 Å². The molecule has 1 aromatic heterocycles. The molecule has 1 N–H and O–H groups in total. The van der Waals surface area contributed by atoms with Crippen LogP contribution in [-0.4, -0.2) is 5.91 Å². The van der Waals surface area contributed by atoms with Crippen molar-refractivity contribution in [2.45, 2.75) is 0 Å². The summed E-state index contributed by atoms with van der Waals surface area (Å²) in [5.74, 6) is 0.419. The van der Waals surface area contributed by atoms with Crippen LogP contribution in [0.4, 0.5) is 5.69 Å². The maximum absolute atomic E-state index is 12.3. The van der Waals surface area contributed by atoms with Crippen molar-refractivity contribution in [3.8, 4) is 11.3 Å². The number of hydrogen-bond acceptors (Lipinski definition) is 2. The van der Waals surface area contributed by atoms with Crippen molar-refractivity contribution in [2.75, 3.05) is 5.32 Å². The zero-order valence-corrected chi connectivity index (χ0v) is 15.3. The number of carbonyl (C=O) groups excluding carboxylic acids is 1. The summed E-state index contributed by atoms with van der Waals surface area (Å²) in [5, 5.41) is 3.82. The van der Waals surface area contributed by atoms with Crippen molar-refractivity contribution >= 4 is 57.4 Å². The number of carbonyl (C=O) groups is 1. The van der Waals surface area contributed by atoms with Crippen LogP contribution in [0.15, 0.2) is 59.0 Å². The number of nitrogens with one attached hydrogen (secondary N) is 1. The smallest absolute Gasteiger partial charge is 0.291 e. The van der Waals surface area contributed by atoms with Crippen molar-refractivity contribution in [2.24, 2.45) is 0 Å². The third-order valence-corrected chi connectivity index (χ3v) is 4.34. The van der Waals surface area contributed by atoms with E-state index in [0.29, 0.717) is 21.5 Å². The predicted molar refractivity (Wildman–Crippen MR) is 101 cm³/mol. The largest absolute Gasteiger partial charge is 0.451 e. The van der Waals surface area contributed by atoms with Gasteiger partial charge in [-0.1, -0.05) is 35.3 Å². The van der Waals surface area contributed by atoms with Gasteiger partial charge in [-0.25, -0.2) is 0 Å². The minimum Gasteiger partial charge on any atom is -0.451 e. The Labute approximate surface area is 156 Å². The summed E-state index contributed by atoms with van der Waals surface area (Å²) < 4.78 is 6.60. The van der Waals surface area contributed by atoms with Gasteiger partial charge in [-0.05, 0) is 65.1 Å². The Kier molecular flexibility index (Phi) is 4.94. The number of benzene rings is 2. The quantitative estimate of drug-likeness (QED) is 0.482. The Morgan fingerprint density at radius 3 is 2.61 bits per heavy atom. The van der Waals surface area contributed by atoms with Crippen LogP contribution in [-0.2, 0) is 0 Å². The van der Waals surface area contributed by atoms with E-state index in [1.54, 1.807) is 36.4 Å². The second-order valence-electron chi connectivity index (χ2n) is 4.75. The highest BCUT2D eigenvalue weighted by Gasteiger charge is 2.14. The molecule has 0 fully saturated rings. The Balaban J connectivity index is 1.81. The number of amides is 1. The first-order valence-corrected chi connectivity index (χ1v) is 8.48. The molecule has 0 aliphatic carbocycles. The summed E-state index contributed by atoms with van der Waals surface area (Å²) in [5.41, 5.74) is 1.35. The topological polar surface area (TPSA) is 42.2 Å². The van der Waals surface area contributed by atoms with E-state index in [2.05, 4.69) is 27.9 Å². The molecule has 1 amide bonds. The van der Waals surface area contributed by atoms with Crippen molar-refractivity contribution in [3.05, 3.63) is 74.0 Å². The summed E-state index contributed by atoms with van der Waals surface area (Å²) in [6.07, 6.45) is 0. The predicted octanol–water partition coefficient (Wildman–Crippen LogP) is 6.11. The number of hydrogen-bond donors (Lipinski definition) is 1. The molecule has 0 saturated heterocycles. The molecule has 3 aromatic rings. The summed E-state index contributed by atoms with van der Waals surface area (Å²) in [7, 11) is 0. The SMILES string of the molecule is O=C(Nc1ccc(I)cc1Cl)c1ccc(-c2cccc(Cl)c2)o1. The minimum atomic E-state index is -0.360. The first kappa shape index (κ1) is 16.4. The summed E-state index contributed by atoms with van der Waals surface area (Å²) in [6.45, 7) is 0. The molecule has 0 bridgehead atoms. The van der Waals surface area contributed by atoms with E-state index >= 15 is 0 Å². The lowest BCUT2D eigenvalue weighted by Crippen LogP contribution is -2.11. The number of furan rings is 1. The molecule has 23 heavy (non-hydrogen) atoms. The molecular formula is C17H10Cl2INO2. The molecule has 0 saturated carbocycles. The maximum Gasteiger partial charge on any atom is 0.291 e. The third kappa shape index (κ3) is 3.88. The molecule has 0 radical (unpaired) electrons. The lowest BCUT2D eigenvalue weighted by atomic mass is 10.2. The fourth-order valence-electron chi connectivity index (χ4n) is 2.03. The lowest BCUT2D eigenvalue weighted by Gasteiger charge is -2.06. The Morgan fingerprint density at radius 1 is 1.04 bits per heavy atom. The van der Waals surface area contributed by atoms with E-state index in [-0.39, 0.29) is 11.7 Å². The first-order valence-electron chi connectivity index (χ1n) is 6.65. The molecule has 3 rings (SSSR count). The van der Waals surface area contributed by atoms with Crippen LogP contribution in [0.25, 0.3) is 11.3 Å². The summed E-state index contributed by atoms with van der Waals surface area (Å²) in [4.78, 5) is 12.3. The molecular weight excluding hydrogens is 448 g/mol. The van der Waals surface area contributed by atoms with Crippen molar-refractivity contribution in [1.29, 1.82) is 0 Å². The van der Waals surface area contributed by atoms with Crippen LogP contribution >= 0.6 is 45.8 Å². The Bertz CT molecular complexity index is 877. The van der Waals surface area contributed by atoms with Crippen molar-refractivity contribution in [1.82, 2.24) is 0 Å². The Morgan fingerprint density at radius 2 is 1.87 bits per heavy atom. The van der Waals surface area contributed by atoms with Gasteiger partial charge in [-0.3, -0.25) is 4.79 Å². The van der Waals surface area contributed by atoms with Crippen LogP contribution in [0.3, 0.4) is 0 Å². The monoisotopic (exact) mass is 457 g/mol. The zero-order valence-electron chi connectivity index (χ0n) is 11.6. The highest BCUT2D eigenvalue weighted by atomic mass is 127.